The molecule has 1 heterocycles. The zero-order valence-corrected chi connectivity index (χ0v) is 13.3. The minimum atomic E-state index is -4.42. The zero-order valence-electron chi connectivity index (χ0n) is 13.3. The molecule has 3 N–H and O–H groups in total. The lowest BCUT2D eigenvalue weighted by molar-refractivity contribution is -0.139. The van der Waals surface area contributed by atoms with E-state index >= 15 is 0 Å². The Kier molecular flexibility index (Phi) is 5.48. The molecule has 132 valence electrons. The summed E-state index contributed by atoms with van der Waals surface area (Å²) in [6.07, 6.45) is -3.26. The van der Waals surface area contributed by atoms with Crippen LogP contribution in [0.25, 0.3) is 0 Å². The summed E-state index contributed by atoms with van der Waals surface area (Å²) in [5.41, 5.74) is 5.13. The fourth-order valence-electron chi connectivity index (χ4n) is 2.60. The van der Waals surface area contributed by atoms with Crippen molar-refractivity contribution >= 4 is 11.8 Å². The summed E-state index contributed by atoms with van der Waals surface area (Å²) >= 11 is 0. The molecule has 0 aromatic heterocycles. The largest absolute Gasteiger partial charge is 0.416 e. The van der Waals surface area contributed by atoms with Crippen molar-refractivity contribution in [1.29, 1.82) is 0 Å². The first-order valence-corrected chi connectivity index (χ1v) is 7.69. The molecule has 0 aliphatic carbocycles. The van der Waals surface area contributed by atoms with E-state index in [2.05, 4.69) is 5.32 Å². The van der Waals surface area contributed by atoms with Gasteiger partial charge in [-0.15, -0.1) is 0 Å². The molecule has 8 heteroatoms. The maximum Gasteiger partial charge on any atom is 0.416 e. The number of alkyl halides is 3. The summed E-state index contributed by atoms with van der Waals surface area (Å²) in [5.74, 6) is -0.720. The number of nitrogens with two attached hydrogens (primary N) is 1. The lowest BCUT2D eigenvalue weighted by Crippen LogP contribution is -2.54. The summed E-state index contributed by atoms with van der Waals surface area (Å²) in [6.45, 7) is 2.04. The second kappa shape index (κ2) is 7.21. The van der Waals surface area contributed by atoms with Crippen LogP contribution in [0.5, 0.6) is 0 Å². The van der Waals surface area contributed by atoms with E-state index in [-0.39, 0.29) is 12.5 Å². The van der Waals surface area contributed by atoms with Crippen LogP contribution in [0.2, 0.25) is 0 Å². The molecule has 2 rings (SSSR count). The highest BCUT2D eigenvalue weighted by Crippen LogP contribution is 2.30. The van der Waals surface area contributed by atoms with Gasteiger partial charge in [0.1, 0.15) is 6.04 Å². The van der Waals surface area contributed by atoms with Crippen LogP contribution in [-0.4, -0.2) is 35.3 Å². The van der Waals surface area contributed by atoms with Crippen molar-refractivity contribution in [2.45, 2.75) is 44.6 Å². The maximum absolute atomic E-state index is 12.8. The van der Waals surface area contributed by atoms with Crippen LogP contribution in [0.4, 0.5) is 13.2 Å². The van der Waals surface area contributed by atoms with Crippen LogP contribution in [0.1, 0.15) is 30.9 Å². The van der Waals surface area contributed by atoms with Gasteiger partial charge in [-0.25, -0.2) is 0 Å². The zero-order chi connectivity index (χ0) is 17.9. The van der Waals surface area contributed by atoms with E-state index in [0.29, 0.717) is 24.9 Å². The van der Waals surface area contributed by atoms with Crippen molar-refractivity contribution in [1.82, 2.24) is 10.2 Å². The second-order valence-electron chi connectivity index (χ2n) is 5.95. The Bertz CT molecular complexity index is 617. The highest BCUT2D eigenvalue weighted by molar-refractivity contribution is 5.89. The molecule has 1 aliphatic rings. The van der Waals surface area contributed by atoms with Crippen molar-refractivity contribution < 1.29 is 22.8 Å². The molecule has 0 saturated carbocycles. The van der Waals surface area contributed by atoms with Crippen molar-refractivity contribution in [3.63, 3.8) is 0 Å². The van der Waals surface area contributed by atoms with Gasteiger partial charge in [-0.05, 0) is 37.5 Å². The number of hydrogen-bond donors (Lipinski definition) is 2. The van der Waals surface area contributed by atoms with Crippen molar-refractivity contribution in [2.24, 2.45) is 5.73 Å². The predicted molar refractivity (Wildman–Crippen MR) is 81.7 cm³/mol. The lowest BCUT2D eigenvalue weighted by Gasteiger charge is -2.33. The number of likely N-dealkylation sites (tertiary alicyclic amines) is 1. The molecule has 0 spiro atoms. The minimum absolute atomic E-state index is 0.0767. The number of hydrogen-bond acceptors (Lipinski definition) is 3. The summed E-state index contributed by atoms with van der Waals surface area (Å²) < 4.78 is 38.3. The Morgan fingerprint density at radius 2 is 2.17 bits per heavy atom. The SMILES string of the molecule is CC(N)C(=O)NC1CCCN(Cc2cccc(C(F)(F)F)c2)C1=O. The first kappa shape index (κ1) is 18.3. The van der Waals surface area contributed by atoms with E-state index in [9.17, 15) is 22.8 Å². The number of carbonyl (C=O) groups excluding carboxylic acids is 2. The van der Waals surface area contributed by atoms with E-state index in [1.54, 1.807) is 6.07 Å². The number of nitrogens with zero attached hydrogens (tertiary/aromatic N) is 1. The second-order valence-corrected chi connectivity index (χ2v) is 5.95. The van der Waals surface area contributed by atoms with Crippen LogP contribution < -0.4 is 11.1 Å². The number of piperidine rings is 1. The third-order valence-corrected chi connectivity index (χ3v) is 3.89. The Hall–Kier alpha value is -2.09. The van der Waals surface area contributed by atoms with Crippen molar-refractivity contribution in [3.05, 3.63) is 35.4 Å². The highest BCUT2D eigenvalue weighted by atomic mass is 19.4. The summed E-state index contributed by atoms with van der Waals surface area (Å²) in [5, 5.41) is 2.58. The molecule has 2 unspecified atom stereocenters. The van der Waals surface area contributed by atoms with Crippen molar-refractivity contribution in [3.8, 4) is 0 Å². The Morgan fingerprint density at radius 3 is 2.79 bits per heavy atom. The third kappa shape index (κ3) is 4.47. The molecule has 1 saturated heterocycles. The summed E-state index contributed by atoms with van der Waals surface area (Å²) in [7, 11) is 0. The molecule has 1 aromatic carbocycles. The molecule has 1 aliphatic heterocycles. The van der Waals surface area contributed by atoms with E-state index in [0.717, 1.165) is 12.1 Å². The van der Waals surface area contributed by atoms with Gasteiger partial charge in [-0.1, -0.05) is 12.1 Å². The van der Waals surface area contributed by atoms with Crippen molar-refractivity contribution in [2.75, 3.05) is 6.54 Å². The van der Waals surface area contributed by atoms with Gasteiger partial charge < -0.3 is 16.0 Å². The van der Waals surface area contributed by atoms with Gasteiger partial charge in [-0.2, -0.15) is 13.2 Å². The molecule has 24 heavy (non-hydrogen) atoms. The monoisotopic (exact) mass is 343 g/mol. The van der Waals surface area contributed by atoms with Gasteiger partial charge in [-0.3, -0.25) is 9.59 Å². The van der Waals surface area contributed by atoms with E-state index in [1.165, 1.54) is 17.9 Å². The van der Waals surface area contributed by atoms with Crippen LogP contribution in [0, 0.1) is 0 Å². The molecular weight excluding hydrogens is 323 g/mol. The molecular formula is C16H20F3N3O2. The topological polar surface area (TPSA) is 75.4 Å². The Balaban J connectivity index is 2.07. The molecule has 5 nitrogen and oxygen atoms in total. The average Bonchev–Trinajstić information content (AvgIpc) is 2.50. The highest BCUT2D eigenvalue weighted by Gasteiger charge is 2.32. The van der Waals surface area contributed by atoms with Gasteiger partial charge >= 0.3 is 6.18 Å². The lowest BCUT2D eigenvalue weighted by atomic mass is 10.0. The summed E-state index contributed by atoms with van der Waals surface area (Å²) in [6, 6.07) is 3.50. The van der Waals surface area contributed by atoms with Gasteiger partial charge in [0.05, 0.1) is 11.6 Å². The number of nitrogens with one attached hydrogen (secondary N) is 1. The number of benzene rings is 1. The minimum Gasteiger partial charge on any atom is -0.343 e. The normalized spacial score (nSPS) is 20.0. The molecule has 2 atom stereocenters. The van der Waals surface area contributed by atoms with Gasteiger partial charge in [0, 0.05) is 13.1 Å². The van der Waals surface area contributed by atoms with Crippen LogP contribution in [-0.2, 0) is 22.3 Å². The van der Waals surface area contributed by atoms with Crippen LogP contribution in [0.15, 0.2) is 24.3 Å². The standard InChI is InChI=1S/C16H20F3N3O2/c1-10(20)14(23)21-13-6-3-7-22(15(13)24)9-11-4-2-5-12(8-11)16(17,18)19/h2,4-5,8,10,13H,3,6-7,9,20H2,1H3,(H,21,23). The van der Waals surface area contributed by atoms with E-state index < -0.39 is 29.7 Å². The van der Waals surface area contributed by atoms with E-state index in [4.69, 9.17) is 5.73 Å². The Labute approximate surface area is 138 Å². The fraction of sp³-hybridized carbons (Fsp3) is 0.500. The molecule has 1 aromatic rings. The van der Waals surface area contributed by atoms with Crippen LogP contribution in [0.3, 0.4) is 0 Å². The first-order chi connectivity index (χ1) is 11.2. The van der Waals surface area contributed by atoms with E-state index in [1.807, 2.05) is 0 Å². The molecule has 0 bridgehead atoms. The Morgan fingerprint density at radius 1 is 1.46 bits per heavy atom. The number of amides is 2. The number of carbonyl (C=O) groups is 2. The van der Waals surface area contributed by atoms with Crippen LogP contribution >= 0.6 is 0 Å². The third-order valence-electron chi connectivity index (χ3n) is 3.89. The summed E-state index contributed by atoms with van der Waals surface area (Å²) in [4.78, 5) is 25.5. The number of rotatable bonds is 4. The number of halogens is 3. The quantitative estimate of drug-likeness (QED) is 0.873. The van der Waals surface area contributed by atoms with Gasteiger partial charge in [0.15, 0.2) is 0 Å². The average molecular weight is 343 g/mol. The molecule has 1 fully saturated rings. The molecule has 2 amide bonds. The smallest absolute Gasteiger partial charge is 0.343 e. The molecule has 0 radical (unpaired) electrons. The van der Waals surface area contributed by atoms with Gasteiger partial charge in [0.25, 0.3) is 0 Å². The predicted octanol–water partition coefficient (Wildman–Crippen LogP) is 1.66. The van der Waals surface area contributed by atoms with Gasteiger partial charge in [0.2, 0.25) is 11.8 Å². The first-order valence-electron chi connectivity index (χ1n) is 7.69. The fourth-order valence-corrected chi connectivity index (χ4v) is 2.60. The maximum atomic E-state index is 12.8.